The first-order valence-corrected chi connectivity index (χ1v) is 15.5. The summed E-state index contributed by atoms with van der Waals surface area (Å²) in [7, 11) is -9.89. The van der Waals surface area contributed by atoms with Crippen LogP contribution in [0.4, 0.5) is 0 Å². The Morgan fingerprint density at radius 3 is 1.14 bits per heavy atom. The number of pyridine rings is 2. The average Bonchev–Trinajstić information content (AvgIpc) is 2.76. The van der Waals surface area contributed by atoms with Crippen molar-refractivity contribution in [2.75, 3.05) is 49.2 Å². The zero-order valence-electron chi connectivity index (χ0n) is 19.4. The van der Waals surface area contributed by atoms with E-state index in [0.717, 1.165) is 13.1 Å². The molecule has 12 nitrogen and oxygen atoms in total. The van der Waals surface area contributed by atoms with Crippen LogP contribution in [-0.4, -0.2) is 59.2 Å². The van der Waals surface area contributed by atoms with Crippen LogP contribution in [-0.2, 0) is 13.1 Å². The molecule has 0 amide bonds. The molecule has 36 heavy (non-hydrogen) atoms. The zero-order chi connectivity index (χ0) is 26.9. The number of rotatable bonds is 4. The largest absolute Gasteiger partial charge is 0.329 e. The Labute approximate surface area is 223 Å². The Hall–Kier alpha value is -0.820. The van der Waals surface area contributed by atoms with Crippen LogP contribution in [0, 0.1) is 20.5 Å². The molecule has 0 aliphatic carbocycles. The normalized spacial score (nSPS) is 19.9. The minimum absolute atomic E-state index is 1.05. The Morgan fingerprint density at radius 2 is 0.889 bits per heavy atom. The van der Waals surface area contributed by atoms with Crippen molar-refractivity contribution < 1.29 is 67.6 Å². The highest BCUT2D eigenvalue weighted by atomic mass is 35.7. The van der Waals surface area contributed by atoms with E-state index in [1.54, 1.807) is 9.80 Å². The van der Waals surface area contributed by atoms with Crippen LogP contribution in [0.5, 0.6) is 0 Å². The quantitative estimate of drug-likeness (QED) is 0.340. The van der Waals surface area contributed by atoms with E-state index in [0.29, 0.717) is 0 Å². The molecule has 0 aromatic carbocycles. The zero-order valence-corrected chi connectivity index (χ0v) is 22.6. The van der Waals surface area contributed by atoms with Crippen LogP contribution < -0.4 is 47.1 Å². The third-order valence-electron chi connectivity index (χ3n) is 4.71. The number of nitrogens with zero attached hydrogens (tertiary/aromatic N) is 2. The van der Waals surface area contributed by atoms with E-state index in [4.69, 9.17) is 37.3 Å². The van der Waals surface area contributed by atoms with E-state index in [1.165, 1.54) is 60.6 Å². The van der Waals surface area contributed by atoms with Crippen LogP contribution in [0.25, 0.3) is 0 Å². The van der Waals surface area contributed by atoms with Gasteiger partial charge in [-0.25, -0.2) is 37.3 Å². The van der Waals surface area contributed by atoms with Crippen molar-refractivity contribution in [3.8, 4) is 0 Å². The Bertz CT molecular complexity index is 716. The molecule has 16 heteroatoms. The first-order chi connectivity index (χ1) is 16.9. The number of hydrogen-bond acceptors (Lipinski definition) is 12. The molecular weight excluding hydrogens is 559 g/mol. The van der Waals surface area contributed by atoms with Crippen molar-refractivity contribution in [2.45, 2.75) is 13.1 Å². The van der Waals surface area contributed by atoms with Crippen LogP contribution in [0.2, 0.25) is 0 Å². The summed E-state index contributed by atoms with van der Waals surface area (Å²) in [5.41, 5.74) is 2.44. The van der Waals surface area contributed by atoms with Gasteiger partial charge in [0.25, 0.3) is 0 Å². The average molecular weight is 590 g/mol. The standard InChI is InChI=1S/C20H28N4S2.2ClHO4/c1-3-7-21-19(5-1)17-23-9-13-25-15-11-24(12-16-26-14-10-23)18-20-6-2-4-8-22-20;2*2-1(3,4)5/h1-8H,9-18H2;2*(H,2,3,4,5). The molecule has 2 N–H and O–H groups in total. The predicted molar refractivity (Wildman–Crippen MR) is 112 cm³/mol. The van der Waals surface area contributed by atoms with Crippen molar-refractivity contribution >= 4 is 23.5 Å². The molecule has 0 spiro atoms. The SMILES string of the molecule is [O-][Cl+3]([O-])([O-])[O-].[O-][Cl+3]([O-])([O-])[O-].c1ccc(C[NH+]2CCSCC[NH+](Cc3ccccn3)CCSCC2)nc1. The fourth-order valence-electron chi connectivity index (χ4n) is 3.19. The fraction of sp³-hybridized carbons (Fsp3) is 0.500. The second kappa shape index (κ2) is 18.4. The molecule has 0 unspecified atom stereocenters. The highest BCUT2D eigenvalue weighted by Crippen LogP contribution is 2.00. The van der Waals surface area contributed by atoms with E-state index in [2.05, 4.69) is 57.8 Å². The van der Waals surface area contributed by atoms with Gasteiger partial charge in [0, 0.05) is 35.4 Å². The van der Waals surface area contributed by atoms with Gasteiger partial charge in [-0.3, -0.25) is 9.97 Å². The monoisotopic (exact) mass is 588 g/mol. The van der Waals surface area contributed by atoms with Crippen molar-refractivity contribution in [1.82, 2.24) is 9.97 Å². The summed E-state index contributed by atoms with van der Waals surface area (Å²) >= 11 is 4.21. The molecule has 3 heterocycles. The second-order valence-electron chi connectivity index (χ2n) is 7.48. The maximum atomic E-state index is 8.49. The van der Waals surface area contributed by atoms with Gasteiger partial charge in [-0.1, -0.05) is 12.1 Å². The number of thioether (sulfide) groups is 2. The van der Waals surface area contributed by atoms with E-state index in [9.17, 15) is 0 Å². The molecule has 2 aromatic rings. The van der Waals surface area contributed by atoms with Gasteiger partial charge >= 0.3 is 0 Å². The molecule has 0 bridgehead atoms. The number of halogens is 2. The molecule has 3 rings (SSSR count). The van der Waals surface area contributed by atoms with E-state index < -0.39 is 20.5 Å². The van der Waals surface area contributed by atoms with Crippen LogP contribution >= 0.6 is 23.5 Å². The van der Waals surface area contributed by atoms with Crippen molar-refractivity contribution in [3.63, 3.8) is 0 Å². The highest BCUT2D eigenvalue weighted by Gasteiger charge is 2.15. The van der Waals surface area contributed by atoms with Gasteiger partial charge in [0.15, 0.2) is 0 Å². The summed E-state index contributed by atoms with van der Waals surface area (Å²) in [6.45, 7) is 7.04. The minimum Gasteiger partial charge on any atom is -0.329 e. The maximum Gasteiger partial charge on any atom is 0.120 e. The summed E-state index contributed by atoms with van der Waals surface area (Å²) in [4.78, 5) is 12.4. The summed E-state index contributed by atoms with van der Waals surface area (Å²) in [5.74, 6) is 4.96. The maximum absolute atomic E-state index is 8.49. The summed E-state index contributed by atoms with van der Waals surface area (Å²) in [6, 6.07) is 12.5. The lowest BCUT2D eigenvalue weighted by Gasteiger charge is -2.22. The van der Waals surface area contributed by atoms with Crippen molar-refractivity contribution in [1.29, 1.82) is 0 Å². The van der Waals surface area contributed by atoms with Gasteiger partial charge in [0.1, 0.15) is 13.1 Å². The molecule has 204 valence electrons. The minimum atomic E-state index is -4.94. The third kappa shape index (κ3) is 22.4. The molecule has 1 aliphatic rings. The van der Waals surface area contributed by atoms with Gasteiger partial charge in [-0.05, 0) is 24.3 Å². The van der Waals surface area contributed by atoms with Gasteiger partial charge in [0.05, 0.1) is 37.6 Å². The van der Waals surface area contributed by atoms with Crippen LogP contribution in [0.1, 0.15) is 11.4 Å². The number of aromatic nitrogens is 2. The van der Waals surface area contributed by atoms with Crippen molar-refractivity contribution in [2.24, 2.45) is 0 Å². The van der Waals surface area contributed by atoms with E-state index in [-0.39, 0.29) is 0 Å². The summed E-state index contributed by atoms with van der Waals surface area (Å²) < 4.78 is 67.9. The lowest BCUT2D eigenvalue weighted by Crippen LogP contribution is -3.12. The van der Waals surface area contributed by atoms with E-state index in [1.807, 2.05) is 24.5 Å². The Balaban J connectivity index is 0.000000550. The smallest absolute Gasteiger partial charge is 0.120 e. The Kier molecular flexibility index (Phi) is 17.0. The summed E-state index contributed by atoms with van der Waals surface area (Å²) in [6.07, 6.45) is 3.82. The molecular formula is C20H30Cl2N4O8S2. The predicted octanol–water partition coefficient (Wildman–Crippen LogP) is -9.09. The molecule has 0 radical (unpaired) electrons. The fourth-order valence-corrected chi connectivity index (χ4v) is 5.33. The third-order valence-corrected chi connectivity index (χ3v) is 6.69. The lowest BCUT2D eigenvalue weighted by molar-refractivity contribution is -2.00. The molecule has 0 atom stereocenters. The highest BCUT2D eigenvalue weighted by molar-refractivity contribution is 7.99. The first kappa shape index (κ1) is 33.2. The number of hydrogen-bond donors (Lipinski definition) is 2. The first-order valence-electron chi connectivity index (χ1n) is 10.8. The molecule has 1 saturated heterocycles. The molecule has 1 aliphatic heterocycles. The van der Waals surface area contributed by atoms with Gasteiger partial charge < -0.3 is 9.80 Å². The molecule has 0 saturated carbocycles. The Morgan fingerprint density at radius 1 is 0.583 bits per heavy atom. The van der Waals surface area contributed by atoms with Gasteiger partial charge in [-0.2, -0.15) is 23.5 Å². The summed E-state index contributed by atoms with van der Waals surface area (Å²) in [5, 5.41) is 0. The van der Waals surface area contributed by atoms with Crippen LogP contribution in [0.15, 0.2) is 48.8 Å². The molecule has 1 fully saturated rings. The van der Waals surface area contributed by atoms with E-state index >= 15 is 0 Å². The van der Waals surface area contributed by atoms with Gasteiger partial charge in [0.2, 0.25) is 0 Å². The van der Waals surface area contributed by atoms with Crippen molar-refractivity contribution in [3.05, 3.63) is 60.2 Å². The topological polar surface area (TPSA) is 219 Å². The number of quaternary nitrogens is 2. The van der Waals surface area contributed by atoms with Gasteiger partial charge in [-0.15, -0.1) is 20.5 Å². The lowest BCUT2D eigenvalue weighted by atomic mass is 10.3. The molecule has 2 aromatic heterocycles. The second-order valence-corrected chi connectivity index (χ2v) is 11.4. The number of nitrogens with one attached hydrogen (secondary N) is 2. The van der Waals surface area contributed by atoms with Crippen LogP contribution in [0.3, 0.4) is 0 Å².